The molecule has 108 valence electrons. The molecule has 1 aromatic carbocycles. The highest BCUT2D eigenvalue weighted by molar-refractivity contribution is 5.98. The van der Waals surface area contributed by atoms with Crippen molar-refractivity contribution in [2.75, 3.05) is 20.3 Å². The Balaban J connectivity index is 2.75. The molecule has 1 rings (SSSR count). The molecule has 0 spiro atoms. The average molecular weight is 277 g/mol. The standard InChI is InChI=1S/C15H19NO4/c1-3-6-12(11-17)16-15(18)13-7-4-5-8-14(13)20-10-9-19-2/h3-5,7-8,11-12H,1,6,9-10H2,2H3,(H,16,18)/t12-/m0/s1. The van der Waals surface area contributed by atoms with Gasteiger partial charge in [0.15, 0.2) is 0 Å². The largest absolute Gasteiger partial charge is 0.490 e. The molecule has 0 aromatic heterocycles. The highest BCUT2D eigenvalue weighted by Crippen LogP contribution is 2.18. The van der Waals surface area contributed by atoms with E-state index in [2.05, 4.69) is 11.9 Å². The van der Waals surface area contributed by atoms with E-state index in [-0.39, 0.29) is 5.91 Å². The second kappa shape index (κ2) is 8.87. The van der Waals surface area contributed by atoms with Gasteiger partial charge in [-0.05, 0) is 18.6 Å². The lowest BCUT2D eigenvalue weighted by molar-refractivity contribution is -0.109. The van der Waals surface area contributed by atoms with Gasteiger partial charge in [-0.15, -0.1) is 6.58 Å². The van der Waals surface area contributed by atoms with Crippen LogP contribution >= 0.6 is 0 Å². The molecule has 1 atom stereocenters. The van der Waals surface area contributed by atoms with Crippen LogP contribution in [0.15, 0.2) is 36.9 Å². The molecule has 1 aromatic rings. The average Bonchev–Trinajstić information content (AvgIpc) is 2.47. The number of ether oxygens (including phenoxy) is 2. The quantitative estimate of drug-likeness (QED) is 0.423. The molecule has 0 saturated carbocycles. The molecule has 20 heavy (non-hydrogen) atoms. The third kappa shape index (κ3) is 4.85. The zero-order valence-electron chi connectivity index (χ0n) is 11.5. The van der Waals surface area contributed by atoms with Crippen molar-refractivity contribution in [1.29, 1.82) is 0 Å². The number of hydrogen-bond donors (Lipinski definition) is 1. The Morgan fingerprint density at radius 1 is 1.40 bits per heavy atom. The molecule has 0 aliphatic rings. The summed E-state index contributed by atoms with van der Waals surface area (Å²) >= 11 is 0. The Kier molecular flexibility index (Phi) is 7.06. The van der Waals surface area contributed by atoms with Crippen LogP contribution in [-0.4, -0.2) is 38.6 Å². The number of hydrogen-bond acceptors (Lipinski definition) is 4. The van der Waals surface area contributed by atoms with Crippen LogP contribution in [0, 0.1) is 0 Å². The second-order valence-electron chi connectivity index (χ2n) is 4.08. The molecule has 0 aliphatic carbocycles. The van der Waals surface area contributed by atoms with E-state index in [9.17, 15) is 9.59 Å². The lowest BCUT2D eigenvalue weighted by Gasteiger charge is -2.14. The zero-order valence-corrected chi connectivity index (χ0v) is 11.5. The van der Waals surface area contributed by atoms with Gasteiger partial charge in [0, 0.05) is 7.11 Å². The van der Waals surface area contributed by atoms with Gasteiger partial charge in [-0.1, -0.05) is 18.2 Å². The van der Waals surface area contributed by atoms with Crippen molar-refractivity contribution in [3.63, 3.8) is 0 Å². The summed E-state index contributed by atoms with van der Waals surface area (Å²) in [7, 11) is 1.58. The lowest BCUT2D eigenvalue weighted by Crippen LogP contribution is -2.35. The molecule has 0 bridgehead atoms. The van der Waals surface area contributed by atoms with Gasteiger partial charge in [0.1, 0.15) is 18.6 Å². The zero-order chi connectivity index (χ0) is 14.8. The first-order chi connectivity index (χ1) is 9.72. The summed E-state index contributed by atoms with van der Waals surface area (Å²) < 4.78 is 10.4. The molecule has 0 fully saturated rings. The van der Waals surface area contributed by atoms with Crippen LogP contribution in [0.25, 0.3) is 0 Å². The van der Waals surface area contributed by atoms with E-state index in [1.54, 1.807) is 37.5 Å². The molecule has 0 aliphatic heterocycles. The molecule has 1 amide bonds. The predicted octanol–water partition coefficient (Wildman–Crippen LogP) is 1.59. The number of aldehydes is 1. The highest BCUT2D eigenvalue weighted by Gasteiger charge is 2.15. The van der Waals surface area contributed by atoms with Gasteiger partial charge in [0.2, 0.25) is 0 Å². The molecule has 0 saturated heterocycles. The fourth-order valence-corrected chi connectivity index (χ4v) is 1.59. The number of carbonyl (C=O) groups excluding carboxylic acids is 2. The van der Waals surface area contributed by atoms with Crippen LogP contribution in [0.5, 0.6) is 5.75 Å². The van der Waals surface area contributed by atoms with Crippen molar-refractivity contribution in [1.82, 2.24) is 5.32 Å². The molecule has 1 N–H and O–H groups in total. The fraction of sp³-hybridized carbons (Fsp3) is 0.333. The van der Waals surface area contributed by atoms with Crippen molar-refractivity contribution in [2.45, 2.75) is 12.5 Å². The predicted molar refractivity (Wildman–Crippen MR) is 75.9 cm³/mol. The summed E-state index contributed by atoms with van der Waals surface area (Å²) in [5.74, 6) is 0.113. The Bertz CT molecular complexity index is 459. The number of methoxy groups -OCH3 is 1. The SMILES string of the molecule is C=CC[C@@H](C=O)NC(=O)c1ccccc1OCCOC. The minimum atomic E-state index is -0.577. The van der Waals surface area contributed by atoms with Crippen molar-refractivity contribution < 1.29 is 19.1 Å². The number of carbonyl (C=O) groups is 2. The van der Waals surface area contributed by atoms with Crippen LogP contribution in [0.1, 0.15) is 16.8 Å². The van der Waals surface area contributed by atoms with Gasteiger partial charge < -0.3 is 19.6 Å². The molecular weight excluding hydrogens is 258 g/mol. The van der Waals surface area contributed by atoms with E-state index in [0.717, 1.165) is 0 Å². The van der Waals surface area contributed by atoms with E-state index >= 15 is 0 Å². The Labute approximate surface area is 118 Å². The summed E-state index contributed by atoms with van der Waals surface area (Å²) in [5, 5.41) is 2.63. The maximum atomic E-state index is 12.1. The van der Waals surface area contributed by atoms with Crippen molar-refractivity contribution in [3.05, 3.63) is 42.5 Å². The minimum absolute atomic E-state index is 0.350. The normalized spacial score (nSPS) is 11.4. The fourth-order valence-electron chi connectivity index (χ4n) is 1.59. The molecule has 5 nitrogen and oxygen atoms in total. The van der Waals surface area contributed by atoms with Gasteiger partial charge in [-0.3, -0.25) is 4.79 Å². The smallest absolute Gasteiger partial charge is 0.255 e. The van der Waals surface area contributed by atoms with Gasteiger partial charge in [0.05, 0.1) is 18.2 Å². The number of nitrogens with one attached hydrogen (secondary N) is 1. The van der Waals surface area contributed by atoms with Gasteiger partial charge in [0.25, 0.3) is 5.91 Å². The number of amides is 1. The number of benzene rings is 1. The molecular formula is C15H19NO4. The molecule has 0 radical (unpaired) electrons. The Morgan fingerprint density at radius 2 is 2.15 bits per heavy atom. The van der Waals surface area contributed by atoms with E-state index in [0.29, 0.717) is 37.2 Å². The highest BCUT2D eigenvalue weighted by atomic mass is 16.5. The van der Waals surface area contributed by atoms with Crippen LogP contribution < -0.4 is 10.1 Å². The van der Waals surface area contributed by atoms with E-state index in [1.165, 1.54) is 0 Å². The minimum Gasteiger partial charge on any atom is -0.490 e. The third-order valence-electron chi connectivity index (χ3n) is 2.58. The Morgan fingerprint density at radius 3 is 2.80 bits per heavy atom. The summed E-state index contributed by atoms with van der Waals surface area (Å²) in [5.41, 5.74) is 0.388. The van der Waals surface area contributed by atoms with Gasteiger partial charge >= 0.3 is 0 Å². The molecule has 5 heteroatoms. The monoisotopic (exact) mass is 277 g/mol. The first kappa shape index (κ1) is 15.9. The number of para-hydroxylation sites is 1. The summed E-state index contributed by atoms with van der Waals surface area (Å²) in [6.45, 7) is 4.33. The van der Waals surface area contributed by atoms with Crippen LogP contribution in [0.2, 0.25) is 0 Å². The van der Waals surface area contributed by atoms with E-state index < -0.39 is 6.04 Å². The van der Waals surface area contributed by atoms with Crippen LogP contribution in [-0.2, 0) is 9.53 Å². The molecule has 0 heterocycles. The maximum Gasteiger partial charge on any atom is 0.255 e. The first-order valence-electron chi connectivity index (χ1n) is 6.30. The maximum absolute atomic E-state index is 12.1. The van der Waals surface area contributed by atoms with Gasteiger partial charge in [-0.25, -0.2) is 0 Å². The second-order valence-corrected chi connectivity index (χ2v) is 4.08. The first-order valence-corrected chi connectivity index (χ1v) is 6.30. The summed E-state index contributed by atoms with van der Waals surface area (Å²) in [4.78, 5) is 23.0. The third-order valence-corrected chi connectivity index (χ3v) is 2.58. The Hall–Kier alpha value is -2.14. The van der Waals surface area contributed by atoms with E-state index in [1.807, 2.05) is 0 Å². The van der Waals surface area contributed by atoms with Crippen LogP contribution in [0.4, 0.5) is 0 Å². The van der Waals surface area contributed by atoms with Gasteiger partial charge in [-0.2, -0.15) is 0 Å². The topological polar surface area (TPSA) is 64.6 Å². The van der Waals surface area contributed by atoms with Crippen molar-refractivity contribution >= 4 is 12.2 Å². The van der Waals surface area contributed by atoms with Crippen molar-refractivity contribution in [2.24, 2.45) is 0 Å². The number of rotatable bonds is 9. The van der Waals surface area contributed by atoms with E-state index in [4.69, 9.17) is 9.47 Å². The lowest BCUT2D eigenvalue weighted by atomic mass is 10.1. The van der Waals surface area contributed by atoms with Crippen LogP contribution in [0.3, 0.4) is 0 Å². The summed E-state index contributed by atoms with van der Waals surface area (Å²) in [6.07, 6.45) is 2.66. The summed E-state index contributed by atoms with van der Waals surface area (Å²) in [6, 6.07) is 6.29. The molecule has 0 unspecified atom stereocenters. The van der Waals surface area contributed by atoms with Crippen molar-refractivity contribution in [3.8, 4) is 5.75 Å².